The van der Waals surface area contributed by atoms with E-state index in [0.717, 1.165) is 12.1 Å². The van der Waals surface area contributed by atoms with Gasteiger partial charge in [-0.15, -0.1) is 0 Å². The summed E-state index contributed by atoms with van der Waals surface area (Å²) in [5.41, 5.74) is 0.344. The zero-order valence-electron chi connectivity index (χ0n) is 8.97. The molecule has 1 aromatic carbocycles. The van der Waals surface area contributed by atoms with E-state index in [-0.39, 0.29) is 22.2 Å². The van der Waals surface area contributed by atoms with Gasteiger partial charge in [0, 0.05) is 17.8 Å². The monoisotopic (exact) mass is 223 g/mol. The molecule has 2 nitrogen and oxygen atoms in total. The first-order chi connectivity index (χ1) is 7.49. The van der Waals surface area contributed by atoms with Gasteiger partial charge in [0.2, 0.25) is 0 Å². The predicted octanol–water partition coefficient (Wildman–Crippen LogP) is 2.93. The summed E-state index contributed by atoms with van der Waals surface area (Å²) in [7, 11) is 0. The number of fused-ring (bicyclic) bond motifs is 1. The number of hydrogen-bond donors (Lipinski definition) is 1. The van der Waals surface area contributed by atoms with Crippen molar-refractivity contribution in [3.05, 3.63) is 45.8 Å². The molecule has 0 saturated carbocycles. The Morgan fingerprint density at radius 1 is 1.19 bits per heavy atom. The first-order valence-electron chi connectivity index (χ1n) is 5.01. The van der Waals surface area contributed by atoms with Crippen LogP contribution in [0.5, 0.6) is 0 Å². The van der Waals surface area contributed by atoms with E-state index in [1.165, 1.54) is 6.07 Å². The zero-order chi connectivity index (χ0) is 11.9. The van der Waals surface area contributed by atoms with Crippen molar-refractivity contribution in [3.63, 3.8) is 0 Å². The molecule has 2 rings (SSSR count). The smallest absolute Gasteiger partial charge is 0.189 e. The third-order valence-electron chi connectivity index (χ3n) is 2.50. The van der Waals surface area contributed by atoms with Gasteiger partial charge in [0.05, 0.1) is 10.9 Å². The maximum absolute atomic E-state index is 13.5. The van der Waals surface area contributed by atoms with E-state index in [2.05, 4.69) is 4.98 Å². The average molecular weight is 223 g/mol. The third-order valence-corrected chi connectivity index (χ3v) is 2.50. The maximum Gasteiger partial charge on any atom is 0.189 e. The average Bonchev–Trinajstić information content (AvgIpc) is 2.19. The molecule has 0 saturated heterocycles. The molecular formula is C12H11F2NO. The summed E-state index contributed by atoms with van der Waals surface area (Å²) < 4.78 is 26.4. The highest BCUT2D eigenvalue weighted by atomic mass is 19.1. The van der Waals surface area contributed by atoms with Crippen LogP contribution in [0.2, 0.25) is 0 Å². The van der Waals surface area contributed by atoms with Crippen molar-refractivity contribution in [2.75, 3.05) is 0 Å². The lowest BCUT2D eigenvalue weighted by Crippen LogP contribution is -2.07. The summed E-state index contributed by atoms with van der Waals surface area (Å²) in [6.45, 7) is 3.77. The highest BCUT2D eigenvalue weighted by Gasteiger charge is 2.10. The maximum atomic E-state index is 13.5. The van der Waals surface area contributed by atoms with Gasteiger partial charge in [0.25, 0.3) is 0 Å². The molecular weight excluding hydrogens is 212 g/mol. The Morgan fingerprint density at radius 3 is 2.50 bits per heavy atom. The molecule has 0 aliphatic heterocycles. The lowest BCUT2D eigenvalue weighted by atomic mass is 10.1. The van der Waals surface area contributed by atoms with Crippen LogP contribution < -0.4 is 5.43 Å². The van der Waals surface area contributed by atoms with Gasteiger partial charge in [-0.05, 0) is 12.0 Å². The summed E-state index contributed by atoms with van der Waals surface area (Å²) in [6, 6.07) is 3.19. The number of halogens is 2. The number of aromatic nitrogens is 1. The number of aromatic amines is 1. The molecule has 0 spiro atoms. The molecule has 0 fully saturated rings. The highest BCUT2D eigenvalue weighted by Crippen LogP contribution is 2.18. The molecule has 16 heavy (non-hydrogen) atoms. The second-order valence-electron chi connectivity index (χ2n) is 4.05. The summed E-state index contributed by atoms with van der Waals surface area (Å²) >= 11 is 0. The fourth-order valence-electron chi connectivity index (χ4n) is 1.61. The van der Waals surface area contributed by atoms with E-state index in [4.69, 9.17) is 0 Å². The van der Waals surface area contributed by atoms with Gasteiger partial charge in [-0.2, -0.15) is 0 Å². The zero-order valence-corrected chi connectivity index (χ0v) is 8.97. The number of rotatable bonds is 1. The summed E-state index contributed by atoms with van der Waals surface area (Å²) in [6.07, 6.45) is 0. The fourth-order valence-corrected chi connectivity index (χ4v) is 1.61. The fraction of sp³-hybridized carbons (Fsp3) is 0.250. The lowest BCUT2D eigenvalue weighted by molar-refractivity contribution is 0.589. The van der Waals surface area contributed by atoms with Crippen LogP contribution in [0.15, 0.2) is 23.0 Å². The van der Waals surface area contributed by atoms with Gasteiger partial charge in [-0.1, -0.05) is 13.8 Å². The molecule has 0 aliphatic carbocycles. The minimum atomic E-state index is -0.743. The summed E-state index contributed by atoms with van der Waals surface area (Å²) in [5, 5.41) is 0.0434. The van der Waals surface area contributed by atoms with Crippen molar-refractivity contribution in [1.29, 1.82) is 0 Å². The van der Waals surface area contributed by atoms with Crippen LogP contribution in [-0.2, 0) is 0 Å². The van der Waals surface area contributed by atoms with E-state index >= 15 is 0 Å². The van der Waals surface area contributed by atoms with Crippen LogP contribution in [0.25, 0.3) is 10.9 Å². The summed E-state index contributed by atoms with van der Waals surface area (Å²) in [5.74, 6) is -1.40. The van der Waals surface area contributed by atoms with Gasteiger partial charge >= 0.3 is 0 Å². The second kappa shape index (κ2) is 3.70. The normalized spacial score (nSPS) is 11.3. The predicted molar refractivity (Wildman–Crippen MR) is 58.6 cm³/mol. The Hall–Kier alpha value is -1.71. The van der Waals surface area contributed by atoms with Crippen molar-refractivity contribution in [2.45, 2.75) is 19.8 Å². The largest absolute Gasteiger partial charge is 0.356 e. The van der Waals surface area contributed by atoms with Gasteiger partial charge in [0.1, 0.15) is 11.6 Å². The Morgan fingerprint density at radius 2 is 1.88 bits per heavy atom. The molecule has 4 heteroatoms. The molecule has 0 unspecified atom stereocenters. The lowest BCUT2D eigenvalue weighted by Gasteiger charge is -2.07. The number of pyridine rings is 1. The Balaban J connectivity index is 2.87. The minimum absolute atomic E-state index is 0.0434. The van der Waals surface area contributed by atoms with Crippen LogP contribution in [0, 0.1) is 11.6 Å². The molecule has 0 aliphatic rings. The Bertz CT molecular complexity index is 602. The molecule has 0 amide bonds. The topological polar surface area (TPSA) is 32.9 Å². The van der Waals surface area contributed by atoms with E-state index < -0.39 is 11.6 Å². The van der Waals surface area contributed by atoms with Crippen molar-refractivity contribution < 1.29 is 8.78 Å². The van der Waals surface area contributed by atoms with Crippen LogP contribution >= 0.6 is 0 Å². The quantitative estimate of drug-likeness (QED) is 0.792. The van der Waals surface area contributed by atoms with Gasteiger partial charge in [0.15, 0.2) is 5.43 Å². The Labute approximate surface area is 90.9 Å². The van der Waals surface area contributed by atoms with Crippen LogP contribution in [0.4, 0.5) is 8.78 Å². The first kappa shape index (κ1) is 10.8. The molecule has 1 heterocycles. The van der Waals surface area contributed by atoms with E-state index in [9.17, 15) is 13.6 Å². The number of benzene rings is 1. The van der Waals surface area contributed by atoms with Crippen molar-refractivity contribution in [2.24, 2.45) is 0 Å². The highest BCUT2D eigenvalue weighted by molar-refractivity contribution is 5.79. The molecule has 84 valence electrons. The molecule has 0 radical (unpaired) electrons. The summed E-state index contributed by atoms with van der Waals surface area (Å²) in [4.78, 5) is 14.5. The van der Waals surface area contributed by atoms with Gasteiger partial charge in [-0.25, -0.2) is 8.78 Å². The first-order valence-corrected chi connectivity index (χ1v) is 5.01. The Kier molecular flexibility index (Phi) is 2.50. The number of nitrogens with one attached hydrogen (secondary N) is 1. The molecule has 1 aromatic heterocycles. The minimum Gasteiger partial charge on any atom is -0.356 e. The van der Waals surface area contributed by atoms with Gasteiger partial charge in [-0.3, -0.25) is 4.79 Å². The molecule has 1 N–H and O–H groups in total. The SMILES string of the molecule is CC(C)c1cc(=O)c2cc(F)cc(F)c2[nH]1. The van der Waals surface area contributed by atoms with Crippen LogP contribution in [0.3, 0.4) is 0 Å². The van der Waals surface area contributed by atoms with E-state index in [1.807, 2.05) is 13.8 Å². The van der Waals surface area contributed by atoms with Crippen molar-refractivity contribution >= 4 is 10.9 Å². The van der Waals surface area contributed by atoms with Crippen LogP contribution in [-0.4, -0.2) is 4.98 Å². The molecule has 2 aromatic rings. The van der Waals surface area contributed by atoms with Crippen molar-refractivity contribution in [3.8, 4) is 0 Å². The van der Waals surface area contributed by atoms with Crippen LogP contribution in [0.1, 0.15) is 25.5 Å². The number of hydrogen-bond acceptors (Lipinski definition) is 1. The second-order valence-corrected chi connectivity index (χ2v) is 4.05. The third kappa shape index (κ3) is 1.71. The number of H-pyrrole nitrogens is 1. The standard InChI is InChI=1S/C12H11F2NO/c1-6(2)10-5-11(16)8-3-7(13)4-9(14)12(8)15-10/h3-6H,1-2H3,(H,15,16). The van der Waals surface area contributed by atoms with Crippen molar-refractivity contribution in [1.82, 2.24) is 4.98 Å². The van der Waals surface area contributed by atoms with E-state index in [0.29, 0.717) is 5.69 Å². The molecule has 0 atom stereocenters. The van der Waals surface area contributed by atoms with Gasteiger partial charge < -0.3 is 4.98 Å². The molecule has 0 bridgehead atoms. The van der Waals surface area contributed by atoms with E-state index in [1.54, 1.807) is 0 Å².